The number of nitrogens with zero attached hydrogens (tertiary/aromatic N) is 3. The van der Waals surface area contributed by atoms with Gasteiger partial charge in [0.2, 0.25) is 0 Å². The third kappa shape index (κ3) is 3.12. The van der Waals surface area contributed by atoms with E-state index < -0.39 is 6.10 Å². The van der Waals surface area contributed by atoms with Crippen LogP contribution >= 0.6 is 0 Å². The SMILES string of the molecule is O=C(NCCC(O)c1ccccc1)c1ccc2nncn2c1. The van der Waals surface area contributed by atoms with Crippen molar-refractivity contribution in [2.45, 2.75) is 12.5 Å². The van der Waals surface area contributed by atoms with E-state index in [0.29, 0.717) is 24.2 Å². The number of amides is 1. The molecule has 6 nitrogen and oxygen atoms in total. The van der Waals surface area contributed by atoms with E-state index in [-0.39, 0.29) is 5.91 Å². The van der Waals surface area contributed by atoms with Crippen LogP contribution < -0.4 is 5.32 Å². The second-order valence-corrected chi connectivity index (χ2v) is 4.99. The van der Waals surface area contributed by atoms with E-state index in [9.17, 15) is 9.90 Å². The number of hydrogen-bond donors (Lipinski definition) is 2. The number of rotatable bonds is 5. The number of benzene rings is 1. The van der Waals surface area contributed by atoms with Crippen molar-refractivity contribution in [3.8, 4) is 0 Å². The molecule has 2 aromatic heterocycles. The second kappa shape index (κ2) is 6.36. The quantitative estimate of drug-likeness (QED) is 0.749. The Morgan fingerprint density at radius 3 is 2.86 bits per heavy atom. The summed E-state index contributed by atoms with van der Waals surface area (Å²) < 4.78 is 1.69. The maximum absolute atomic E-state index is 12.1. The normalized spacial score (nSPS) is 12.2. The molecule has 0 fully saturated rings. The largest absolute Gasteiger partial charge is 0.388 e. The lowest BCUT2D eigenvalue weighted by molar-refractivity contribution is 0.0942. The summed E-state index contributed by atoms with van der Waals surface area (Å²) in [5, 5.41) is 20.5. The number of carbonyl (C=O) groups is 1. The van der Waals surface area contributed by atoms with Gasteiger partial charge in [-0.05, 0) is 24.1 Å². The Kier molecular flexibility index (Phi) is 4.11. The van der Waals surface area contributed by atoms with Gasteiger partial charge in [0, 0.05) is 12.7 Å². The lowest BCUT2D eigenvalue weighted by Gasteiger charge is -2.11. The third-order valence-electron chi connectivity index (χ3n) is 3.44. The van der Waals surface area contributed by atoms with Gasteiger partial charge in [0.05, 0.1) is 11.7 Å². The minimum absolute atomic E-state index is 0.184. The summed E-state index contributed by atoms with van der Waals surface area (Å²) in [6.45, 7) is 0.398. The van der Waals surface area contributed by atoms with Crippen LogP contribution in [0.4, 0.5) is 0 Å². The van der Waals surface area contributed by atoms with Gasteiger partial charge in [-0.2, -0.15) is 0 Å². The summed E-state index contributed by atoms with van der Waals surface area (Å²) >= 11 is 0. The highest BCUT2D eigenvalue weighted by molar-refractivity contribution is 5.94. The minimum Gasteiger partial charge on any atom is -0.388 e. The Hall–Kier alpha value is -2.73. The summed E-state index contributed by atoms with van der Waals surface area (Å²) in [5.74, 6) is -0.184. The summed E-state index contributed by atoms with van der Waals surface area (Å²) in [6, 6.07) is 12.8. The fraction of sp³-hybridized carbons (Fsp3) is 0.188. The molecule has 1 atom stereocenters. The van der Waals surface area contributed by atoms with Crippen molar-refractivity contribution in [2.75, 3.05) is 6.54 Å². The zero-order valence-corrected chi connectivity index (χ0v) is 11.9. The topological polar surface area (TPSA) is 79.5 Å². The summed E-state index contributed by atoms with van der Waals surface area (Å²) in [7, 11) is 0. The maximum Gasteiger partial charge on any atom is 0.252 e. The molecule has 6 heteroatoms. The molecule has 2 heterocycles. The summed E-state index contributed by atoms with van der Waals surface area (Å²) in [4.78, 5) is 12.1. The van der Waals surface area contributed by atoms with Gasteiger partial charge in [-0.3, -0.25) is 9.20 Å². The fourth-order valence-electron chi connectivity index (χ4n) is 2.23. The smallest absolute Gasteiger partial charge is 0.252 e. The van der Waals surface area contributed by atoms with Gasteiger partial charge in [-0.1, -0.05) is 30.3 Å². The second-order valence-electron chi connectivity index (χ2n) is 4.99. The number of carbonyl (C=O) groups excluding carboxylic acids is 1. The van der Waals surface area contributed by atoms with E-state index in [1.54, 1.807) is 29.1 Å². The molecule has 0 radical (unpaired) electrons. The number of hydrogen-bond acceptors (Lipinski definition) is 4. The Labute approximate surface area is 127 Å². The van der Waals surface area contributed by atoms with Crippen LogP contribution in [0.3, 0.4) is 0 Å². The molecule has 0 saturated heterocycles. The fourth-order valence-corrected chi connectivity index (χ4v) is 2.23. The van der Waals surface area contributed by atoms with Crippen molar-refractivity contribution < 1.29 is 9.90 Å². The van der Waals surface area contributed by atoms with E-state index in [4.69, 9.17) is 0 Å². The average Bonchev–Trinajstić information content (AvgIpc) is 3.03. The first-order valence-corrected chi connectivity index (χ1v) is 7.04. The third-order valence-corrected chi connectivity index (χ3v) is 3.44. The first kappa shape index (κ1) is 14.2. The van der Waals surface area contributed by atoms with Gasteiger partial charge in [-0.15, -0.1) is 10.2 Å². The van der Waals surface area contributed by atoms with Gasteiger partial charge in [-0.25, -0.2) is 0 Å². The molecule has 22 heavy (non-hydrogen) atoms. The Morgan fingerprint density at radius 1 is 1.23 bits per heavy atom. The lowest BCUT2D eigenvalue weighted by Crippen LogP contribution is -2.25. The van der Waals surface area contributed by atoms with Gasteiger partial charge < -0.3 is 10.4 Å². The van der Waals surface area contributed by atoms with Crippen LogP contribution in [0.1, 0.15) is 28.4 Å². The zero-order chi connectivity index (χ0) is 15.4. The van der Waals surface area contributed by atoms with Crippen molar-refractivity contribution in [3.63, 3.8) is 0 Å². The molecule has 0 aliphatic heterocycles. The molecule has 0 aliphatic rings. The predicted molar refractivity (Wildman–Crippen MR) is 81.3 cm³/mol. The molecular formula is C16H16N4O2. The van der Waals surface area contributed by atoms with Gasteiger partial charge in [0.15, 0.2) is 5.65 Å². The maximum atomic E-state index is 12.1. The number of aliphatic hydroxyl groups excluding tert-OH is 1. The molecule has 3 rings (SSSR count). The molecule has 0 spiro atoms. The van der Waals surface area contributed by atoms with Crippen molar-refractivity contribution in [1.29, 1.82) is 0 Å². The minimum atomic E-state index is -0.582. The van der Waals surface area contributed by atoms with E-state index in [0.717, 1.165) is 5.56 Å². The number of nitrogens with one attached hydrogen (secondary N) is 1. The van der Waals surface area contributed by atoms with E-state index >= 15 is 0 Å². The number of fused-ring (bicyclic) bond motifs is 1. The molecule has 112 valence electrons. The number of aliphatic hydroxyl groups is 1. The molecule has 2 N–H and O–H groups in total. The number of pyridine rings is 1. The van der Waals surface area contributed by atoms with Crippen molar-refractivity contribution in [3.05, 3.63) is 66.1 Å². The average molecular weight is 296 g/mol. The molecule has 3 aromatic rings. The molecule has 1 amide bonds. The van der Waals surface area contributed by atoms with Crippen molar-refractivity contribution in [1.82, 2.24) is 19.9 Å². The van der Waals surface area contributed by atoms with Gasteiger partial charge in [0.1, 0.15) is 6.33 Å². The Morgan fingerprint density at radius 2 is 2.05 bits per heavy atom. The van der Waals surface area contributed by atoms with Gasteiger partial charge >= 0.3 is 0 Å². The zero-order valence-electron chi connectivity index (χ0n) is 11.9. The first-order valence-electron chi connectivity index (χ1n) is 7.04. The van der Waals surface area contributed by atoms with Gasteiger partial charge in [0.25, 0.3) is 5.91 Å². The molecular weight excluding hydrogens is 280 g/mol. The van der Waals surface area contributed by atoms with Crippen LogP contribution in [-0.4, -0.2) is 32.2 Å². The van der Waals surface area contributed by atoms with Crippen LogP contribution in [0.15, 0.2) is 55.0 Å². The summed E-state index contributed by atoms with van der Waals surface area (Å²) in [5.41, 5.74) is 2.07. The molecule has 0 saturated carbocycles. The monoisotopic (exact) mass is 296 g/mol. The van der Waals surface area contributed by atoms with Crippen molar-refractivity contribution >= 4 is 11.6 Å². The summed E-state index contributed by atoms with van der Waals surface area (Å²) in [6.07, 6.45) is 3.11. The van der Waals surface area contributed by atoms with Crippen LogP contribution in [0, 0.1) is 0 Å². The van der Waals surface area contributed by atoms with Crippen molar-refractivity contribution in [2.24, 2.45) is 0 Å². The van der Waals surface area contributed by atoms with E-state index in [2.05, 4.69) is 15.5 Å². The molecule has 1 unspecified atom stereocenters. The van der Waals surface area contributed by atoms with E-state index in [1.807, 2.05) is 30.3 Å². The van der Waals surface area contributed by atoms with Crippen LogP contribution in [0.5, 0.6) is 0 Å². The molecule has 0 aliphatic carbocycles. The Bertz CT molecular complexity index is 770. The van der Waals surface area contributed by atoms with E-state index in [1.165, 1.54) is 0 Å². The predicted octanol–water partition coefficient (Wildman–Crippen LogP) is 1.58. The molecule has 0 bridgehead atoms. The molecule has 1 aromatic carbocycles. The highest BCUT2D eigenvalue weighted by Crippen LogP contribution is 2.15. The highest BCUT2D eigenvalue weighted by Gasteiger charge is 2.10. The number of aromatic nitrogens is 3. The van der Waals surface area contributed by atoms with Crippen LogP contribution in [0.25, 0.3) is 5.65 Å². The van der Waals surface area contributed by atoms with Crippen LogP contribution in [0.2, 0.25) is 0 Å². The lowest BCUT2D eigenvalue weighted by atomic mass is 10.1. The Balaban J connectivity index is 1.56. The van der Waals surface area contributed by atoms with Crippen LogP contribution in [-0.2, 0) is 0 Å². The standard InChI is InChI=1S/C16H16N4O2/c21-14(12-4-2-1-3-5-12)8-9-17-16(22)13-6-7-15-19-18-11-20(15)10-13/h1-7,10-11,14,21H,8-9H2,(H,17,22). The first-order chi connectivity index (χ1) is 10.7. The highest BCUT2D eigenvalue weighted by atomic mass is 16.3.